The number of amides is 1. The fourth-order valence-electron chi connectivity index (χ4n) is 3.45. The lowest BCUT2D eigenvalue weighted by Crippen LogP contribution is -2.46. The van der Waals surface area contributed by atoms with Crippen LogP contribution in [0.1, 0.15) is 44.6 Å². The normalized spacial score (nSPS) is 15.4. The van der Waals surface area contributed by atoms with Crippen LogP contribution in [0.4, 0.5) is 0 Å². The fraction of sp³-hybridized carbons (Fsp3) is 0.636. The van der Waals surface area contributed by atoms with Crippen LogP contribution in [0, 0.1) is 5.92 Å². The number of carbonyl (C=O) groups is 1. The highest BCUT2D eigenvalue weighted by Gasteiger charge is 2.22. The Kier molecular flexibility index (Phi) is 9.66. The molecule has 1 amide bonds. The van der Waals surface area contributed by atoms with Gasteiger partial charge >= 0.3 is 0 Å². The maximum absolute atomic E-state index is 11.5. The largest absolute Gasteiger partial charge is 0.494 e. The molecule has 0 atom stereocenters. The van der Waals surface area contributed by atoms with Gasteiger partial charge in [-0.3, -0.25) is 9.79 Å². The molecule has 0 aliphatic carbocycles. The number of hydrogen-bond acceptors (Lipinski definition) is 3. The second-order valence-electron chi connectivity index (χ2n) is 7.38. The van der Waals surface area contributed by atoms with E-state index in [9.17, 15) is 4.79 Å². The zero-order chi connectivity index (χ0) is 20.2. The molecule has 1 heterocycles. The molecule has 0 radical (unpaired) electrons. The third-order valence-corrected chi connectivity index (χ3v) is 5.27. The molecule has 0 aromatic heterocycles. The number of rotatable bonds is 9. The molecular formula is C22H36N4O2. The first-order chi connectivity index (χ1) is 13.7. The lowest BCUT2D eigenvalue weighted by atomic mass is 9.93. The van der Waals surface area contributed by atoms with Crippen LogP contribution in [0.5, 0.6) is 5.75 Å². The van der Waals surface area contributed by atoms with Crippen LogP contribution in [-0.4, -0.2) is 57.1 Å². The van der Waals surface area contributed by atoms with E-state index in [0.717, 1.165) is 70.1 Å². The second kappa shape index (κ2) is 12.3. The Labute approximate surface area is 169 Å². The van der Waals surface area contributed by atoms with Gasteiger partial charge in [-0.1, -0.05) is 25.5 Å². The summed E-state index contributed by atoms with van der Waals surface area (Å²) in [6, 6.07) is 8.38. The van der Waals surface area contributed by atoms with Crippen LogP contribution < -0.4 is 15.4 Å². The molecule has 0 spiro atoms. The lowest BCUT2D eigenvalue weighted by molar-refractivity contribution is -0.121. The predicted octanol–water partition coefficient (Wildman–Crippen LogP) is 2.83. The quantitative estimate of drug-likeness (QED) is 0.388. The van der Waals surface area contributed by atoms with Crippen molar-refractivity contribution in [1.82, 2.24) is 15.5 Å². The number of likely N-dealkylation sites (tertiary alicyclic amines) is 1. The third-order valence-electron chi connectivity index (χ3n) is 5.27. The molecule has 0 unspecified atom stereocenters. The van der Waals surface area contributed by atoms with Gasteiger partial charge < -0.3 is 20.3 Å². The molecule has 6 nitrogen and oxygen atoms in total. The van der Waals surface area contributed by atoms with Crippen molar-refractivity contribution in [3.8, 4) is 5.75 Å². The summed E-state index contributed by atoms with van der Waals surface area (Å²) in [7, 11) is 3.54. The summed E-state index contributed by atoms with van der Waals surface area (Å²) in [5.41, 5.74) is 1.29. The fourth-order valence-corrected chi connectivity index (χ4v) is 3.45. The van der Waals surface area contributed by atoms with Gasteiger partial charge in [0.05, 0.1) is 6.61 Å². The zero-order valence-electron chi connectivity index (χ0n) is 17.7. The van der Waals surface area contributed by atoms with Crippen molar-refractivity contribution in [1.29, 1.82) is 0 Å². The van der Waals surface area contributed by atoms with Gasteiger partial charge in [0.2, 0.25) is 5.91 Å². The van der Waals surface area contributed by atoms with Gasteiger partial charge in [0, 0.05) is 40.2 Å². The average Bonchev–Trinajstić information content (AvgIpc) is 2.73. The van der Waals surface area contributed by atoms with Crippen molar-refractivity contribution in [2.24, 2.45) is 10.9 Å². The minimum absolute atomic E-state index is 0.141. The van der Waals surface area contributed by atoms with Crippen LogP contribution in [0.3, 0.4) is 0 Å². The average molecular weight is 389 g/mol. The summed E-state index contributed by atoms with van der Waals surface area (Å²) in [4.78, 5) is 18.3. The van der Waals surface area contributed by atoms with Crippen molar-refractivity contribution in [3.63, 3.8) is 0 Å². The Balaban J connectivity index is 1.70. The van der Waals surface area contributed by atoms with Crippen LogP contribution in [-0.2, 0) is 11.2 Å². The van der Waals surface area contributed by atoms with Gasteiger partial charge in [0.1, 0.15) is 5.75 Å². The van der Waals surface area contributed by atoms with E-state index in [1.165, 1.54) is 5.56 Å². The molecular weight excluding hydrogens is 352 g/mol. The van der Waals surface area contributed by atoms with Crippen LogP contribution in [0.2, 0.25) is 0 Å². The first kappa shape index (κ1) is 22.1. The number of hydrogen-bond donors (Lipinski definition) is 2. The Morgan fingerprint density at radius 1 is 1.25 bits per heavy atom. The van der Waals surface area contributed by atoms with E-state index in [1.54, 1.807) is 7.05 Å². The molecule has 1 aliphatic heterocycles. The standard InChI is InChI=1S/C22H36N4O2/c1-4-5-16-28-20-8-6-18(7-9-20)10-13-25-22(24-3)26-14-11-19(12-15-26)17-21(27)23-2/h6-9,19H,4-5,10-17H2,1-3H3,(H,23,27)(H,24,25). The molecule has 1 saturated heterocycles. The predicted molar refractivity (Wildman–Crippen MR) is 115 cm³/mol. The van der Waals surface area contributed by atoms with E-state index in [4.69, 9.17) is 4.74 Å². The summed E-state index contributed by atoms with van der Waals surface area (Å²) < 4.78 is 5.71. The molecule has 2 rings (SSSR count). The molecule has 2 N–H and O–H groups in total. The first-order valence-corrected chi connectivity index (χ1v) is 10.5. The van der Waals surface area contributed by atoms with Crippen LogP contribution in [0.25, 0.3) is 0 Å². The van der Waals surface area contributed by atoms with Crippen LogP contribution >= 0.6 is 0 Å². The Hall–Kier alpha value is -2.24. The minimum atomic E-state index is 0.141. The molecule has 1 fully saturated rings. The molecule has 1 aromatic rings. The Morgan fingerprint density at radius 2 is 1.96 bits per heavy atom. The molecule has 1 aromatic carbocycles. The molecule has 0 bridgehead atoms. The molecule has 6 heteroatoms. The zero-order valence-corrected chi connectivity index (χ0v) is 17.7. The van der Waals surface area contributed by atoms with E-state index < -0.39 is 0 Å². The van der Waals surface area contributed by atoms with Crippen molar-refractivity contribution in [2.75, 3.05) is 40.3 Å². The van der Waals surface area contributed by atoms with Crippen molar-refractivity contribution in [2.45, 2.75) is 45.4 Å². The number of nitrogens with one attached hydrogen (secondary N) is 2. The summed E-state index contributed by atoms with van der Waals surface area (Å²) >= 11 is 0. The SMILES string of the molecule is CCCCOc1ccc(CCNC(=NC)N2CCC(CC(=O)NC)CC2)cc1. The van der Waals surface area contributed by atoms with E-state index >= 15 is 0 Å². The monoisotopic (exact) mass is 388 g/mol. The number of nitrogens with zero attached hydrogens (tertiary/aromatic N) is 2. The first-order valence-electron chi connectivity index (χ1n) is 10.5. The van der Waals surface area contributed by atoms with Gasteiger partial charge in [-0.2, -0.15) is 0 Å². The highest BCUT2D eigenvalue weighted by Crippen LogP contribution is 2.20. The topological polar surface area (TPSA) is 66.0 Å². The maximum atomic E-state index is 11.5. The lowest BCUT2D eigenvalue weighted by Gasteiger charge is -2.34. The molecule has 0 saturated carbocycles. The number of ether oxygens (including phenoxy) is 1. The number of unbranched alkanes of at least 4 members (excludes halogenated alkanes) is 1. The van der Waals surface area contributed by atoms with E-state index in [1.807, 2.05) is 7.05 Å². The smallest absolute Gasteiger partial charge is 0.220 e. The van der Waals surface area contributed by atoms with Gasteiger partial charge in [0.15, 0.2) is 5.96 Å². The third kappa shape index (κ3) is 7.41. The van der Waals surface area contributed by atoms with Gasteiger partial charge in [-0.15, -0.1) is 0 Å². The number of piperidine rings is 1. The highest BCUT2D eigenvalue weighted by atomic mass is 16.5. The number of carbonyl (C=O) groups excluding carboxylic acids is 1. The Bertz CT molecular complexity index is 607. The maximum Gasteiger partial charge on any atom is 0.220 e. The van der Waals surface area contributed by atoms with Crippen molar-refractivity contribution >= 4 is 11.9 Å². The van der Waals surface area contributed by atoms with E-state index in [0.29, 0.717) is 12.3 Å². The van der Waals surface area contributed by atoms with Crippen molar-refractivity contribution in [3.05, 3.63) is 29.8 Å². The summed E-state index contributed by atoms with van der Waals surface area (Å²) in [5, 5.41) is 6.20. The molecule has 28 heavy (non-hydrogen) atoms. The number of benzene rings is 1. The summed E-state index contributed by atoms with van der Waals surface area (Å²) in [6.45, 7) is 5.70. The van der Waals surface area contributed by atoms with Gasteiger partial charge in [-0.25, -0.2) is 0 Å². The molecule has 1 aliphatic rings. The molecule has 156 valence electrons. The summed E-state index contributed by atoms with van der Waals surface area (Å²) in [6.07, 6.45) is 5.89. The van der Waals surface area contributed by atoms with E-state index in [-0.39, 0.29) is 5.91 Å². The minimum Gasteiger partial charge on any atom is -0.494 e. The number of aliphatic imine (C=N–C) groups is 1. The van der Waals surface area contributed by atoms with E-state index in [2.05, 4.69) is 51.7 Å². The van der Waals surface area contributed by atoms with Crippen LogP contribution in [0.15, 0.2) is 29.3 Å². The van der Waals surface area contributed by atoms with Gasteiger partial charge in [0.25, 0.3) is 0 Å². The second-order valence-corrected chi connectivity index (χ2v) is 7.38. The highest BCUT2D eigenvalue weighted by molar-refractivity contribution is 5.80. The Morgan fingerprint density at radius 3 is 2.57 bits per heavy atom. The van der Waals surface area contributed by atoms with Gasteiger partial charge in [-0.05, 0) is 49.3 Å². The number of guanidine groups is 1. The summed E-state index contributed by atoms with van der Waals surface area (Å²) in [5.74, 6) is 2.52. The van der Waals surface area contributed by atoms with Crippen molar-refractivity contribution < 1.29 is 9.53 Å².